The number of carbonyl (C=O) groups is 3. The van der Waals surface area contributed by atoms with Gasteiger partial charge in [-0.25, -0.2) is 4.79 Å². The van der Waals surface area contributed by atoms with Crippen molar-refractivity contribution in [2.24, 2.45) is 0 Å². The highest BCUT2D eigenvalue weighted by Crippen LogP contribution is 2.05. The van der Waals surface area contributed by atoms with E-state index in [0.29, 0.717) is 0 Å². The summed E-state index contributed by atoms with van der Waals surface area (Å²) in [4.78, 5) is 34.3. The van der Waals surface area contributed by atoms with Crippen LogP contribution in [0.1, 0.15) is 25.0 Å². The van der Waals surface area contributed by atoms with Crippen LogP contribution < -0.4 is 10.6 Å². The third kappa shape index (κ3) is 8.40. The predicted octanol–water partition coefficient (Wildman–Crippen LogP) is 1.19. The molecule has 0 bridgehead atoms. The van der Waals surface area contributed by atoms with Crippen LogP contribution in [0.3, 0.4) is 0 Å². The average Bonchev–Trinajstić information content (AvgIpc) is 2.48. The fourth-order valence-electron chi connectivity index (χ4n) is 1.73. The number of amides is 2. The normalized spacial score (nSPS) is 10.6. The molecule has 0 aromatic heterocycles. The zero-order valence-electron chi connectivity index (χ0n) is 13.6. The maximum absolute atomic E-state index is 11.5. The van der Waals surface area contributed by atoms with E-state index in [1.807, 2.05) is 45.0 Å². The van der Waals surface area contributed by atoms with Crippen molar-refractivity contribution in [1.29, 1.82) is 0 Å². The second kappa shape index (κ2) is 9.40. The van der Waals surface area contributed by atoms with Gasteiger partial charge in [-0.2, -0.15) is 0 Å². The highest BCUT2D eigenvalue weighted by atomic mass is 16.5. The van der Waals surface area contributed by atoms with Crippen molar-refractivity contribution in [3.63, 3.8) is 0 Å². The van der Waals surface area contributed by atoms with Crippen molar-refractivity contribution in [3.05, 3.63) is 41.5 Å². The van der Waals surface area contributed by atoms with Gasteiger partial charge >= 0.3 is 5.97 Å². The van der Waals surface area contributed by atoms with Gasteiger partial charge in [0.05, 0.1) is 6.54 Å². The minimum atomic E-state index is -0.617. The topological polar surface area (TPSA) is 84.5 Å². The summed E-state index contributed by atoms with van der Waals surface area (Å²) in [5.41, 5.74) is 1.95. The van der Waals surface area contributed by atoms with E-state index in [1.54, 1.807) is 6.08 Å². The van der Waals surface area contributed by atoms with Gasteiger partial charge in [0.15, 0.2) is 6.61 Å². The van der Waals surface area contributed by atoms with Crippen LogP contribution in [0.2, 0.25) is 0 Å². The van der Waals surface area contributed by atoms with Gasteiger partial charge in [0, 0.05) is 12.1 Å². The van der Waals surface area contributed by atoms with Crippen LogP contribution in [0, 0.1) is 6.92 Å². The minimum Gasteiger partial charge on any atom is -0.452 e. The Morgan fingerprint density at radius 1 is 1.22 bits per heavy atom. The molecule has 6 heteroatoms. The number of esters is 1. The van der Waals surface area contributed by atoms with Gasteiger partial charge < -0.3 is 15.4 Å². The minimum absolute atomic E-state index is 0.00369. The lowest BCUT2D eigenvalue weighted by molar-refractivity contribution is -0.143. The summed E-state index contributed by atoms with van der Waals surface area (Å²) in [6, 6.07) is 7.62. The summed E-state index contributed by atoms with van der Waals surface area (Å²) in [5.74, 6) is -1.44. The maximum Gasteiger partial charge on any atom is 0.331 e. The molecule has 1 aromatic carbocycles. The molecule has 0 aliphatic heterocycles. The lowest BCUT2D eigenvalue weighted by Crippen LogP contribution is -2.41. The van der Waals surface area contributed by atoms with Crippen molar-refractivity contribution in [1.82, 2.24) is 10.6 Å². The molecule has 0 radical (unpaired) electrons. The molecule has 23 heavy (non-hydrogen) atoms. The fraction of sp³-hybridized carbons (Fsp3) is 0.353. The standard InChI is InChI=1S/C17H22N2O4/c1-12(2)19-15(20)10-18-16(21)11-23-17(22)8-7-14-6-4-5-13(3)9-14/h4-9,12H,10-11H2,1-3H3,(H,18,21)(H,19,20)/b8-7+. The average molecular weight is 318 g/mol. The van der Waals surface area contributed by atoms with Crippen LogP contribution >= 0.6 is 0 Å². The van der Waals surface area contributed by atoms with Crippen LogP contribution in [-0.4, -0.2) is 37.0 Å². The molecular weight excluding hydrogens is 296 g/mol. The Labute approximate surface area is 135 Å². The van der Waals surface area contributed by atoms with E-state index in [9.17, 15) is 14.4 Å². The first-order valence-corrected chi connectivity index (χ1v) is 7.34. The van der Waals surface area contributed by atoms with Gasteiger partial charge in [0.2, 0.25) is 5.91 Å². The molecule has 2 N–H and O–H groups in total. The molecule has 0 aliphatic carbocycles. The summed E-state index contributed by atoms with van der Waals surface area (Å²) >= 11 is 0. The first-order valence-electron chi connectivity index (χ1n) is 7.34. The summed E-state index contributed by atoms with van der Waals surface area (Å²) < 4.78 is 4.80. The Bertz CT molecular complexity index is 594. The molecule has 0 aliphatic rings. The van der Waals surface area contributed by atoms with Crippen LogP contribution in [0.25, 0.3) is 6.08 Å². The third-order valence-electron chi connectivity index (χ3n) is 2.70. The van der Waals surface area contributed by atoms with Crippen molar-refractivity contribution in [2.45, 2.75) is 26.8 Å². The van der Waals surface area contributed by atoms with E-state index >= 15 is 0 Å². The summed E-state index contributed by atoms with van der Waals surface area (Å²) in [7, 11) is 0. The molecule has 6 nitrogen and oxygen atoms in total. The molecular formula is C17H22N2O4. The summed E-state index contributed by atoms with van der Waals surface area (Å²) in [6.07, 6.45) is 2.87. The van der Waals surface area contributed by atoms with Crippen LogP contribution in [0.5, 0.6) is 0 Å². The van der Waals surface area contributed by atoms with Crippen molar-refractivity contribution >= 4 is 23.9 Å². The summed E-state index contributed by atoms with van der Waals surface area (Å²) in [5, 5.41) is 5.01. The number of rotatable bonds is 7. The number of carbonyl (C=O) groups excluding carboxylic acids is 3. The molecule has 2 amide bonds. The van der Waals surface area contributed by atoms with E-state index in [-0.39, 0.29) is 18.5 Å². The smallest absolute Gasteiger partial charge is 0.331 e. The van der Waals surface area contributed by atoms with E-state index in [4.69, 9.17) is 4.74 Å². The monoisotopic (exact) mass is 318 g/mol. The largest absolute Gasteiger partial charge is 0.452 e. The SMILES string of the molecule is Cc1cccc(/C=C/C(=O)OCC(=O)NCC(=O)NC(C)C)c1. The molecule has 0 fully saturated rings. The number of aryl methyl sites for hydroxylation is 1. The molecule has 0 unspecified atom stereocenters. The third-order valence-corrected chi connectivity index (χ3v) is 2.70. The molecule has 0 spiro atoms. The zero-order chi connectivity index (χ0) is 17.2. The quantitative estimate of drug-likeness (QED) is 0.584. The number of ether oxygens (including phenoxy) is 1. The van der Waals surface area contributed by atoms with Gasteiger partial charge in [-0.15, -0.1) is 0 Å². The Balaban J connectivity index is 2.30. The van der Waals surface area contributed by atoms with Crippen LogP contribution in [0.4, 0.5) is 0 Å². The van der Waals surface area contributed by atoms with E-state index in [0.717, 1.165) is 11.1 Å². The molecule has 0 heterocycles. The molecule has 124 valence electrons. The van der Waals surface area contributed by atoms with Gasteiger partial charge in [0.25, 0.3) is 5.91 Å². The van der Waals surface area contributed by atoms with E-state index < -0.39 is 18.5 Å². The molecule has 0 atom stereocenters. The van der Waals surface area contributed by atoms with Crippen molar-refractivity contribution in [2.75, 3.05) is 13.2 Å². The molecule has 0 saturated carbocycles. The Kier molecular flexibility index (Phi) is 7.53. The lowest BCUT2D eigenvalue weighted by atomic mass is 10.1. The Hall–Kier alpha value is -2.63. The van der Waals surface area contributed by atoms with Crippen LogP contribution in [-0.2, 0) is 19.1 Å². The predicted molar refractivity (Wildman–Crippen MR) is 87.5 cm³/mol. The summed E-state index contributed by atoms with van der Waals surface area (Å²) in [6.45, 7) is 5.03. The fourth-order valence-corrected chi connectivity index (χ4v) is 1.73. The number of benzene rings is 1. The van der Waals surface area contributed by atoms with Gasteiger partial charge in [0.1, 0.15) is 0 Å². The van der Waals surface area contributed by atoms with Gasteiger partial charge in [-0.3, -0.25) is 9.59 Å². The molecule has 1 rings (SSSR count). The first kappa shape index (κ1) is 18.4. The Morgan fingerprint density at radius 3 is 2.61 bits per heavy atom. The Morgan fingerprint density at radius 2 is 1.96 bits per heavy atom. The van der Waals surface area contributed by atoms with Gasteiger partial charge in [-0.1, -0.05) is 29.8 Å². The lowest BCUT2D eigenvalue weighted by Gasteiger charge is -2.09. The number of hydrogen-bond acceptors (Lipinski definition) is 4. The van der Waals surface area contributed by atoms with E-state index in [2.05, 4.69) is 10.6 Å². The highest BCUT2D eigenvalue weighted by Gasteiger charge is 2.08. The molecule has 0 saturated heterocycles. The van der Waals surface area contributed by atoms with Crippen molar-refractivity contribution < 1.29 is 19.1 Å². The van der Waals surface area contributed by atoms with Crippen LogP contribution in [0.15, 0.2) is 30.3 Å². The second-order valence-electron chi connectivity index (χ2n) is 5.35. The zero-order valence-corrected chi connectivity index (χ0v) is 13.6. The highest BCUT2D eigenvalue weighted by molar-refractivity contribution is 5.90. The maximum atomic E-state index is 11.5. The molecule has 1 aromatic rings. The first-order chi connectivity index (χ1) is 10.9. The van der Waals surface area contributed by atoms with E-state index in [1.165, 1.54) is 6.08 Å². The second-order valence-corrected chi connectivity index (χ2v) is 5.35. The van der Waals surface area contributed by atoms with Gasteiger partial charge in [-0.05, 0) is 32.4 Å². The number of nitrogens with one attached hydrogen (secondary N) is 2. The number of hydrogen-bond donors (Lipinski definition) is 2. The van der Waals surface area contributed by atoms with Crippen molar-refractivity contribution in [3.8, 4) is 0 Å².